The lowest BCUT2D eigenvalue weighted by molar-refractivity contribution is 0.0134. The molecule has 0 spiro atoms. The Hall–Kier alpha value is -1.77. The Labute approximate surface area is 203 Å². The average molecular weight is 469 g/mol. The Morgan fingerprint density at radius 3 is 2.36 bits per heavy atom. The minimum atomic E-state index is -1.39. The Bertz CT molecular complexity index is 845. The van der Waals surface area contributed by atoms with Crippen molar-refractivity contribution in [3.63, 3.8) is 0 Å². The summed E-state index contributed by atoms with van der Waals surface area (Å²) in [5, 5.41) is 0. The van der Waals surface area contributed by atoms with Crippen LogP contribution in [-0.4, -0.2) is 62.3 Å². The third kappa shape index (κ3) is 8.50. The molecule has 4 nitrogen and oxygen atoms in total. The summed E-state index contributed by atoms with van der Waals surface area (Å²) in [5.74, 6) is 4.74. The summed E-state index contributed by atoms with van der Waals surface area (Å²) >= 11 is 0. The van der Waals surface area contributed by atoms with E-state index in [2.05, 4.69) is 60.3 Å². The number of hydrogen-bond donors (Lipinski definition) is 0. The molecule has 1 amide bonds. The molecule has 2 aliphatic rings. The fourth-order valence-electron chi connectivity index (χ4n) is 4.89. The molecule has 2 fully saturated rings. The van der Waals surface area contributed by atoms with Crippen LogP contribution in [0.25, 0.3) is 0 Å². The third-order valence-corrected chi connectivity index (χ3v) is 7.47. The van der Waals surface area contributed by atoms with Crippen LogP contribution in [0.15, 0.2) is 24.3 Å². The van der Waals surface area contributed by atoms with Crippen molar-refractivity contribution in [2.75, 3.05) is 32.7 Å². The number of hydrogen-bond acceptors (Lipinski definition) is 3. The van der Waals surface area contributed by atoms with Crippen LogP contribution in [0.1, 0.15) is 69.9 Å². The molecule has 5 heteroatoms. The highest BCUT2D eigenvalue weighted by Crippen LogP contribution is 2.37. The molecule has 0 aromatic heterocycles. The minimum Gasteiger partial charge on any atom is -0.444 e. The normalized spacial score (nSPS) is 19.5. The van der Waals surface area contributed by atoms with Crippen molar-refractivity contribution in [2.45, 2.75) is 84.0 Å². The molecule has 1 saturated carbocycles. The van der Waals surface area contributed by atoms with E-state index in [-0.39, 0.29) is 6.09 Å². The Morgan fingerprint density at radius 2 is 1.76 bits per heavy atom. The van der Waals surface area contributed by atoms with Crippen molar-refractivity contribution in [2.24, 2.45) is 5.92 Å². The third-order valence-electron chi connectivity index (χ3n) is 6.59. The number of nitrogens with zero attached hydrogens (tertiary/aromatic N) is 2. The average Bonchev–Trinajstić information content (AvgIpc) is 2.75. The molecule has 0 bridgehead atoms. The summed E-state index contributed by atoms with van der Waals surface area (Å²) < 4.78 is 5.58. The van der Waals surface area contributed by atoms with Gasteiger partial charge < -0.3 is 9.64 Å². The van der Waals surface area contributed by atoms with E-state index in [4.69, 9.17) is 4.74 Å². The molecule has 1 aromatic carbocycles. The van der Waals surface area contributed by atoms with Crippen molar-refractivity contribution < 1.29 is 9.53 Å². The Balaban J connectivity index is 1.70. The molecule has 1 aliphatic heterocycles. The number of benzene rings is 1. The van der Waals surface area contributed by atoms with Crippen LogP contribution in [0.5, 0.6) is 0 Å². The van der Waals surface area contributed by atoms with E-state index in [1.807, 2.05) is 25.7 Å². The van der Waals surface area contributed by atoms with Crippen LogP contribution in [-0.2, 0) is 4.74 Å². The molecule has 0 N–H and O–H groups in total. The van der Waals surface area contributed by atoms with Crippen molar-refractivity contribution >= 4 is 14.2 Å². The van der Waals surface area contributed by atoms with Crippen molar-refractivity contribution in [3.8, 4) is 11.5 Å². The van der Waals surface area contributed by atoms with Gasteiger partial charge in [0.2, 0.25) is 0 Å². The quantitative estimate of drug-likeness (QED) is 0.393. The van der Waals surface area contributed by atoms with Gasteiger partial charge in [0, 0.05) is 38.3 Å². The molecule has 1 saturated heterocycles. The Morgan fingerprint density at radius 1 is 1.09 bits per heavy atom. The number of carbonyl (C=O) groups excluding carboxylic acids is 1. The van der Waals surface area contributed by atoms with E-state index < -0.39 is 13.7 Å². The van der Waals surface area contributed by atoms with Crippen molar-refractivity contribution in [1.82, 2.24) is 9.80 Å². The van der Waals surface area contributed by atoms with Gasteiger partial charge in [0.25, 0.3) is 0 Å². The molecular weight excluding hydrogens is 424 g/mol. The lowest BCUT2D eigenvalue weighted by atomic mass is 9.76. The van der Waals surface area contributed by atoms with E-state index in [0.29, 0.717) is 5.92 Å². The maximum atomic E-state index is 12.5. The first kappa shape index (κ1) is 25.8. The molecular formula is C28H44N2O2Si. The molecule has 182 valence electrons. The number of amides is 1. The summed E-state index contributed by atoms with van der Waals surface area (Å²) in [6, 6.07) is 9.02. The van der Waals surface area contributed by atoms with E-state index >= 15 is 0 Å². The van der Waals surface area contributed by atoms with E-state index in [1.54, 1.807) is 0 Å². The predicted molar refractivity (Wildman–Crippen MR) is 140 cm³/mol. The highest BCUT2D eigenvalue weighted by Gasteiger charge is 2.30. The smallest absolute Gasteiger partial charge is 0.410 e. The van der Waals surface area contributed by atoms with Crippen molar-refractivity contribution in [3.05, 3.63) is 35.4 Å². The summed E-state index contributed by atoms with van der Waals surface area (Å²) in [6.45, 7) is 17.1. The van der Waals surface area contributed by atoms with Crippen LogP contribution >= 0.6 is 0 Å². The van der Waals surface area contributed by atoms with Crippen molar-refractivity contribution in [1.29, 1.82) is 0 Å². The second-order valence-corrected chi connectivity index (χ2v) is 16.6. The van der Waals surface area contributed by atoms with Gasteiger partial charge >= 0.3 is 6.09 Å². The van der Waals surface area contributed by atoms with Gasteiger partial charge in [-0.15, -0.1) is 5.54 Å². The van der Waals surface area contributed by atoms with Gasteiger partial charge in [-0.25, -0.2) is 4.79 Å². The van der Waals surface area contributed by atoms with E-state index in [0.717, 1.165) is 44.2 Å². The van der Waals surface area contributed by atoms with Gasteiger partial charge in [-0.2, -0.15) is 0 Å². The molecule has 1 aliphatic carbocycles. The molecule has 1 atom stereocenters. The van der Waals surface area contributed by atoms with Gasteiger partial charge in [-0.3, -0.25) is 4.90 Å². The van der Waals surface area contributed by atoms with Gasteiger partial charge in [-0.05, 0) is 63.1 Å². The predicted octanol–water partition coefficient (Wildman–Crippen LogP) is 6.13. The van der Waals surface area contributed by atoms with E-state index in [9.17, 15) is 4.79 Å². The monoisotopic (exact) mass is 468 g/mol. The van der Waals surface area contributed by atoms with Crippen LogP contribution in [0.2, 0.25) is 19.6 Å². The standard InChI is InChI=1S/C28H44N2O2Si/c1-28(2,3)32-27(31)30-18-16-29(17-19-30)22-26(24-12-8-7-9-13-24)25-14-10-11-23(21-25)15-20-33(4,5)6/h10-11,14,21,24,26H,7-9,12-13,16-19,22H2,1-6H3. The maximum absolute atomic E-state index is 12.5. The fourth-order valence-corrected chi connectivity index (χ4v) is 5.41. The second-order valence-electron chi connectivity index (χ2n) is 11.9. The Kier molecular flexibility index (Phi) is 8.69. The zero-order valence-corrected chi connectivity index (χ0v) is 22.7. The lowest BCUT2D eigenvalue weighted by Crippen LogP contribution is -2.51. The summed E-state index contributed by atoms with van der Waals surface area (Å²) in [7, 11) is -1.39. The molecule has 33 heavy (non-hydrogen) atoms. The molecule has 1 heterocycles. The molecule has 0 radical (unpaired) electrons. The van der Waals surface area contributed by atoms with Gasteiger partial charge in [0.1, 0.15) is 13.7 Å². The summed E-state index contributed by atoms with van der Waals surface area (Å²) in [4.78, 5) is 16.9. The van der Waals surface area contributed by atoms with Crippen LogP contribution in [0.3, 0.4) is 0 Å². The van der Waals surface area contributed by atoms with E-state index in [1.165, 1.54) is 37.7 Å². The lowest BCUT2D eigenvalue weighted by Gasteiger charge is -2.39. The second kappa shape index (κ2) is 11.1. The highest BCUT2D eigenvalue weighted by molar-refractivity contribution is 6.83. The van der Waals surface area contributed by atoms with Gasteiger partial charge in [0.05, 0.1) is 0 Å². The molecule has 1 unspecified atom stereocenters. The highest BCUT2D eigenvalue weighted by atomic mass is 28.3. The molecule has 3 rings (SSSR count). The number of rotatable bonds is 4. The maximum Gasteiger partial charge on any atom is 0.410 e. The van der Waals surface area contributed by atoms with Gasteiger partial charge in [-0.1, -0.05) is 57.0 Å². The first-order valence-electron chi connectivity index (χ1n) is 12.8. The first-order chi connectivity index (χ1) is 15.5. The number of ether oxygens (including phenoxy) is 1. The largest absolute Gasteiger partial charge is 0.444 e. The number of carbonyl (C=O) groups is 1. The van der Waals surface area contributed by atoms with Gasteiger partial charge in [0.15, 0.2) is 0 Å². The summed E-state index contributed by atoms with van der Waals surface area (Å²) in [6.07, 6.45) is 6.55. The van der Waals surface area contributed by atoms with Crippen LogP contribution in [0.4, 0.5) is 4.79 Å². The van der Waals surface area contributed by atoms with Crippen LogP contribution < -0.4 is 0 Å². The number of piperazine rings is 1. The minimum absolute atomic E-state index is 0.181. The topological polar surface area (TPSA) is 32.8 Å². The first-order valence-corrected chi connectivity index (χ1v) is 16.3. The SMILES string of the molecule is CC(C)(C)OC(=O)N1CCN(CC(c2cccc(C#C[Si](C)(C)C)c2)C2CCCCC2)CC1. The zero-order chi connectivity index (χ0) is 24.1. The fraction of sp³-hybridized carbons (Fsp3) is 0.679. The molecule has 1 aromatic rings. The summed E-state index contributed by atoms with van der Waals surface area (Å²) in [5.41, 5.74) is 5.69. The zero-order valence-electron chi connectivity index (χ0n) is 21.7. The van der Waals surface area contributed by atoms with Crippen LogP contribution in [0, 0.1) is 17.4 Å².